The van der Waals surface area contributed by atoms with E-state index in [1.807, 2.05) is 24.3 Å². The molecule has 0 radical (unpaired) electrons. The Kier molecular flexibility index (Phi) is 9.63. The molecular weight excluding hydrogens is 542 g/mol. The van der Waals surface area contributed by atoms with Crippen LogP contribution in [-0.4, -0.2) is 51.4 Å². The number of aliphatic carboxylic acids is 1. The molecule has 2 aromatic carbocycles. The van der Waals surface area contributed by atoms with Gasteiger partial charge in [0, 0.05) is 45.0 Å². The number of nitrogens with zero attached hydrogens (tertiary/aromatic N) is 3. The lowest BCUT2D eigenvalue weighted by atomic mass is 9.78. The molecule has 1 aromatic heterocycles. The molecule has 3 fully saturated rings. The number of piperidine rings is 1. The van der Waals surface area contributed by atoms with Crippen molar-refractivity contribution in [3.8, 4) is 5.75 Å². The first-order valence-corrected chi connectivity index (χ1v) is 14.7. The molecule has 1 atom stereocenters. The first-order valence-electron chi connectivity index (χ1n) is 14.7. The summed E-state index contributed by atoms with van der Waals surface area (Å²) in [5.41, 5.74) is 3.44. The summed E-state index contributed by atoms with van der Waals surface area (Å²) in [6.45, 7) is 4.38. The van der Waals surface area contributed by atoms with Gasteiger partial charge < -0.3 is 19.1 Å². The smallest absolute Gasteiger partial charge is 0.303 e. The number of carboxylic acid groups (broad SMARTS) is 1. The molecule has 1 saturated carbocycles. The summed E-state index contributed by atoms with van der Waals surface area (Å²) >= 11 is 0. The maximum atomic E-state index is 10.7. The minimum absolute atomic E-state index is 0. The lowest BCUT2D eigenvalue weighted by Crippen LogP contribution is -2.49. The summed E-state index contributed by atoms with van der Waals surface area (Å²) in [6, 6.07) is 16.4. The second-order valence-corrected chi connectivity index (χ2v) is 11.8. The van der Waals surface area contributed by atoms with Crippen molar-refractivity contribution in [2.24, 2.45) is 5.92 Å². The lowest BCUT2D eigenvalue weighted by Gasteiger charge is -2.46. The van der Waals surface area contributed by atoms with Crippen molar-refractivity contribution in [3.05, 3.63) is 76.9 Å². The van der Waals surface area contributed by atoms with Gasteiger partial charge in [0.2, 0.25) is 5.89 Å². The topological polar surface area (TPSA) is 97.9 Å². The Balaban J connectivity index is 0.00000337. The molecule has 1 unspecified atom stereocenters. The van der Waals surface area contributed by atoms with Gasteiger partial charge in [0.25, 0.3) is 0 Å². The third kappa shape index (κ3) is 8.09. The van der Waals surface area contributed by atoms with E-state index in [0.29, 0.717) is 24.9 Å². The quantitative estimate of drug-likeness (QED) is 0.296. The Morgan fingerprint density at radius 1 is 1.00 bits per heavy atom. The first kappa shape index (κ1) is 29.5. The zero-order valence-electron chi connectivity index (χ0n) is 23.5. The zero-order valence-corrected chi connectivity index (χ0v) is 24.3. The van der Waals surface area contributed by atoms with E-state index in [4.69, 9.17) is 19.1 Å². The molecule has 220 valence electrons. The van der Waals surface area contributed by atoms with Crippen LogP contribution in [0.5, 0.6) is 5.75 Å². The molecule has 3 aromatic rings. The molecule has 6 rings (SSSR count). The molecule has 41 heavy (non-hydrogen) atoms. The van der Waals surface area contributed by atoms with Crippen LogP contribution < -0.4 is 4.74 Å². The SMILES string of the molecule is Cl.O=C(O)CCc1ccc(OCc2ccc(CN3CCC4(CC3)CC(Cc3nc(C5CC5)no3)CCO4)cc2)cc1. The van der Waals surface area contributed by atoms with Gasteiger partial charge in [0.05, 0.1) is 5.60 Å². The molecule has 1 aliphatic carbocycles. The van der Waals surface area contributed by atoms with Crippen molar-refractivity contribution in [2.75, 3.05) is 19.7 Å². The van der Waals surface area contributed by atoms with Gasteiger partial charge in [-0.1, -0.05) is 41.6 Å². The number of hydrogen-bond acceptors (Lipinski definition) is 7. The summed E-state index contributed by atoms with van der Waals surface area (Å²) < 4.78 is 17.9. The van der Waals surface area contributed by atoms with Gasteiger partial charge in [-0.15, -0.1) is 12.4 Å². The van der Waals surface area contributed by atoms with E-state index >= 15 is 0 Å². The zero-order chi connectivity index (χ0) is 27.4. The Hall–Kier alpha value is -2.94. The van der Waals surface area contributed by atoms with Gasteiger partial charge in [0.1, 0.15) is 12.4 Å². The number of aryl methyl sites for hydroxylation is 1. The fourth-order valence-electron chi connectivity index (χ4n) is 6.05. The highest BCUT2D eigenvalue weighted by atomic mass is 35.5. The van der Waals surface area contributed by atoms with Gasteiger partial charge in [0.15, 0.2) is 5.82 Å². The number of ether oxygens (including phenoxy) is 2. The average Bonchev–Trinajstić information content (AvgIpc) is 3.72. The second-order valence-electron chi connectivity index (χ2n) is 11.8. The Bertz CT molecular complexity index is 1270. The molecule has 8 nitrogen and oxygen atoms in total. The minimum Gasteiger partial charge on any atom is -0.489 e. The van der Waals surface area contributed by atoms with E-state index < -0.39 is 5.97 Å². The summed E-state index contributed by atoms with van der Waals surface area (Å²) in [6.07, 6.45) is 8.24. The van der Waals surface area contributed by atoms with Gasteiger partial charge >= 0.3 is 5.97 Å². The van der Waals surface area contributed by atoms with Gasteiger partial charge in [-0.2, -0.15) is 4.98 Å². The van der Waals surface area contributed by atoms with E-state index in [1.54, 1.807) is 0 Å². The largest absolute Gasteiger partial charge is 0.489 e. The maximum Gasteiger partial charge on any atom is 0.303 e. The standard InChI is InChI=1S/C32H39N3O5.ClH/c36-30(37)12-7-23-5-10-28(11-6-23)38-22-25-3-1-24(2-4-25)21-35-16-14-32(15-17-35)20-26(13-18-39-32)19-29-33-31(34-40-29)27-8-9-27;/h1-6,10-11,26-27H,7-9,12-22H2,(H,36,37);1H. The highest BCUT2D eigenvalue weighted by Crippen LogP contribution is 2.40. The molecule has 1 N–H and O–H groups in total. The van der Waals surface area contributed by atoms with Crippen LogP contribution in [0, 0.1) is 5.92 Å². The van der Waals surface area contributed by atoms with Gasteiger partial charge in [-0.25, -0.2) is 0 Å². The summed E-state index contributed by atoms with van der Waals surface area (Å²) in [5, 5.41) is 13.0. The van der Waals surface area contributed by atoms with Crippen LogP contribution in [0.15, 0.2) is 53.1 Å². The lowest BCUT2D eigenvalue weighted by molar-refractivity contribution is -0.137. The molecular formula is C32H40ClN3O5. The summed E-state index contributed by atoms with van der Waals surface area (Å²) in [7, 11) is 0. The number of carbonyl (C=O) groups is 1. The third-order valence-corrected chi connectivity index (χ3v) is 8.64. The number of benzene rings is 2. The second kappa shape index (κ2) is 13.4. The fourth-order valence-corrected chi connectivity index (χ4v) is 6.05. The van der Waals surface area contributed by atoms with Crippen LogP contribution in [0.25, 0.3) is 0 Å². The number of halogens is 1. The van der Waals surface area contributed by atoms with E-state index in [1.165, 1.54) is 18.4 Å². The minimum atomic E-state index is -0.779. The molecule has 1 spiro atoms. The van der Waals surface area contributed by atoms with E-state index in [9.17, 15) is 4.79 Å². The number of aromatic nitrogens is 2. The average molecular weight is 582 g/mol. The normalized spacial score (nSPS) is 20.4. The molecule has 0 amide bonds. The van der Waals surface area contributed by atoms with Crippen molar-refractivity contribution >= 4 is 18.4 Å². The molecule has 3 heterocycles. The van der Waals surface area contributed by atoms with Crippen molar-refractivity contribution < 1.29 is 23.9 Å². The molecule has 2 saturated heterocycles. The number of carboxylic acids is 1. The van der Waals surface area contributed by atoms with Crippen LogP contribution in [0.3, 0.4) is 0 Å². The number of hydrogen-bond donors (Lipinski definition) is 1. The Morgan fingerprint density at radius 2 is 1.71 bits per heavy atom. The van der Waals surface area contributed by atoms with Crippen molar-refractivity contribution in [2.45, 2.75) is 82.5 Å². The molecule has 3 aliphatic rings. The fraction of sp³-hybridized carbons (Fsp3) is 0.531. The number of likely N-dealkylation sites (tertiary alicyclic amines) is 1. The predicted octanol–water partition coefficient (Wildman–Crippen LogP) is 5.97. The Morgan fingerprint density at radius 3 is 2.41 bits per heavy atom. The third-order valence-electron chi connectivity index (χ3n) is 8.64. The maximum absolute atomic E-state index is 10.7. The summed E-state index contributed by atoms with van der Waals surface area (Å²) in [4.78, 5) is 17.9. The van der Waals surface area contributed by atoms with E-state index in [-0.39, 0.29) is 24.4 Å². The predicted molar refractivity (Wildman–Crippen MR) is 156 cm³/mol. The monoisotopic (exact) mass is 581 g/mol. The van der Waals surface area contributed by atoms with Crippen LogP contribution >= 0.6 is 12.4 Å². The van der Waals surface area contributed by atoms with Crippen LogP contribution in [0.4, 0.5) is 0 Å². The van der Waals surface area contributed by atoms with Crippen LogP contribution in [-0.2, 0) is 35.5 Å². The highest BCUT2D eigenvalue weighted by Gasteiger charge is 2.40. The molecule has 0 bridgehead atoms. The van der Waals surface area contributed by atoms with E-state index in [0.717, 1.165) is 86.9 Å². The van der Waals surface area contributed by atoms with Crippen molar-refractivity contribution in [1.29, 1.82) is 0 Å². The van der Waals surface area contributed by atoms with Gasteiger partial charge in [-0.05, 0) is 79.7 Å². The molecule has 9 heteroatoms. The van der Waals surface area contributed by atoms with Crippen LogP contribution in [0.2, 0.25) is 0 Å². The Labute approximate surface area is 247 Å². The number of rotatable bonds is 11. The van der Waals surface area contributed by atoms with Gasteiger partial charge in [-0.3, -0.25) is 9.69 Å². The van der Waals surface area contributed by atoms with Crippen LogP contribution in [0.1, 0.15) is 79.3 Å². The highest BCUT2D eigenvalue weighted by molar-refractivity contribution is 5.85. The molecule has 2 aliphatic heterocycles. The summed E-state index contributed by atoms with van der Waals surface area (Å²) in [5.74, 6) is 2.82. The first-order chi connectivity index (χ1) is 19.5. The van der Waals surface area contributed by atoms with Crippen molar-refractivity contribution in [3.63, 3.8) is 0 Å². The van der Waals surface area contributed by atoms with E-state index in [2.05, 4.69) is 39.3 Å². The van der Waals surface area contributed by atoms with Crippen molar-refractivity contribution in [1.82, 2.24) is 15.0 Å².